The van der Waals surface area contributed by atoms with Crippen molar-refractivity contribution in [1.82, 2.24) is 0 Å². The summed E-state index contributed by atoms with van der Waals surface area (Å²) < 4.78 is 56.0. The Morgan fingerprint density at radius 3 is 2.44 bits per heavy atom. The van der Waals surface area contributed by atoms with Crippen LogP contribution in [0.2, 0.25) is 0 Å². The molecule has 0 amide bonds. The highest BCUT2D eigenvalue weighted by atomic mass is 79.9. The summed E-state index contributed by atoms with van der Waals surface area (Å²) in [7, 11) is 0. The van der Waals surface area contributed by atoms with Crippen LogP contribution in [0.3, 0.4) is 0 Å². The minimum Gasteiger partial charge on any atom is -0.479 e. The number of rotatable bonds is 4. The van der Waals surface area contributed by atoms with E-state index in [1.807, 2.05) is 0 Å². The van der Waals surface area contributed by atoms with Crippen LogP contribution in [0.4, 0.5) is 17.6 Å². The molecule has 1 rings (SSSR count). The molecule has 2 unspecified atom stereocenters. The van der Waals surface area contributed by atoms with E-state index in [1.165, 1.54) is 6.92 Å². The van der Waals surface area contributed by atoms with Crippen LogP contribution in [-0.4, -0.2) is 18.3 Å². The van der Waals surface area contributed by atoms with E-state index >= 15 is 0 Å². The third kappa shape index (κ3) is 3.84. The summed E-state index contributed by atoms with van der Waals surface area (Å²) in [5.41, 5.74) is 5.39. The first-order valence-corrected chi connectivity index (χ1v) is 5.99. The molecule has 0 aliphatic heterocycles. The Morgan fingerprint density at radius 2 is 2.00 bits per heavy atom. The SMILES string of the molecule is CCC(N)C(Oc1ccc(F)c(Br)c1)C(F)(F)F. The Hall–Kier alpha value is -0.820. The van der Waals surface area contributed by atoms with Crippen molar-refractivity contribution in [2.24, 2.45) is 5.73 Å². The fourth-order valence-electron chi connectivity index (χ4n) is 1.31. The van der Waals surface area contributed by atoms with Gasteiger partial charge in [0.05, 0.1) is 10.5 Å². The van der Waals surface area contributed by atoms with E-state index < -0.39 is 24.1 Å². The summed E-state index contributed by atoms with van der Waals surface area (Å²) in [4.78, 5) is 0. The fraction of sp³-hybridized carbons (Fsp3) is 0.455. The molecular formula is C11H12BrF4NO. The second kappa shape index (κ2) is 5.88. The normalized spacial score (nSPS) is 15.3. The monoisotopic (exact) mass is 329 g/mol. The lowest BCUT2D eigenvalue weighted by Crippen LogP contribution is -2.48. The van der Waals surface area contributed by atoms with E-state index in [0.29, 0.717) is 0 Å². The second-order valence-corrected chi connectivity index (χ2v) is 4.58. The number of hydrogen-bond donors (Lipinski definition) is 1. The van der Waals surface area contributed by atoms with Gasteiger partial charge in [-0.05, 0) is 40.5 Å². The van der Waals surface area contributed by atoms with Crippen LogP contribution in [0.1, 0.15) is 13.3 Å². The standard InChI is InChI=1S/C11H12BrF4NO/c1-2-9(17)10(11(14,15)16)18-6-3-4-8(13)7(12)5-6/h3-5,9-10H,2,17H2,1H3. The lowest BCUT2D eigenvalue weighted by molar-refractivity contribution is -0.200. The van der Waals surface area contributed by atoms with Crippen molar-refractivity contribution in [3.63, 3.8) is 0 Å². The van der Waals surface area contributed by atoms with Crippen molar-refractivity contribution >= 4 is 15.9 Å². The van der Waals surface area contributed by atoms with E-state index in [9.17, 15) is 17.6 Å². The Bertz CT molecular complexity index is 411. The molecule has 0 saturated heterocycles. The number of ether oxygens (including phenoxy) is 1. The highest BCUT2D eigenvalue weighted by molar-refractivity contribution is 9.10. The third-order valence-corrected chi connectivity index (χ3v) is 2.94. The van der Waals surface area contributed by atoms with E-state index in [1.54, 1.807) is 0 Å². The van der Waals surface area contributed by atoms with Crippen molar-refractivity contribution in [2.45, 2.75) is 31.7 Å². The van der Waals surface area contributed by atoms with Gasteiger partial charge in [-0.15, -0.1) is 0 Å². The topological polar surface area (TPSA) is 35.2 Å². The van der Waals surface area contributed by atoms with E-state index in [4.69, 9.17) is 10.5 Å². The van der Waals surface area contributed by atoms with Gasteiger partial charge in [-0.3, -0.25) is 0 Å². The number of halogens is 5. The Labute approximate surface area is 110 Å². The maximum atomic E-state index is 12.9. The first-order valence-electron chi connectivity index (χ1n) is 5.19. The largest absolute Gasteiger partial charge is 0.479 e. The first kappa shape index (κ1) is 15.2. The van der Waals surface area contributed by atoms with E-state index in [2.05, 4.69) is 15.9 Å². The van der Waals surface area contributed by atoms with Crippen LogP contribution in [0.5, 0.6) is 5.75 Å². The van der Waals surface area contributed by atoms with Gasteiger partial charge in [-0.1, -0.05) is 6.92 Å². The van der Waals surface area contributed by atoms with Gasteiger partial charge < -0.3 is 10.5 Å². The van der Waals surface area contributed by atoms with Crippen molar-refractivity contribution < 1.29 is 22.3 Å². The van der Waals surface area contributed by atoms with E-state index in [-0.39, 0.29) is 16.6 Å². The molecule has 0 fully saturated rings. The summed E-state index contributed by atoms with van der Waals surface area (Å²) in [6.45, 7) is 1.54. The third-order valence-electron chi connectivity index (χ3n) is 2.34. The van der Waals surface area contributed by atoms with Crippen LogP contribution in [0.15, 0.2) is 22.7 Å². The predicted molar refractivity (Wildman–Crippen MR) is 62.8 cm³/mol. The second-order valence-electron chi connectivity index (χ2n) is 3.73. The Morgan fingerprint density at radius 1 is 1.39 bits per heavy atom. The van der Waals surface area contributed by atoms with Crippen molar-refractivity contribution in [3.8, 4) is 5.75 Å². The maximum absolute atomic E-state index is 12.9. The number of nitrogens with two attached hydrogens (primary N) is 1. The molecule has 102 valence electrons. The average Bonchev–Trinajstić information content (AvgIpc) is 2.28. The molecule has 1 aromatic rings. The fourth-order valence-corrected chi connectivity index (χ4v) is 1.67. The van der Waals surface area contributed by atoms with E-state index in [0.717, 1.165) is 18.2 Å². The van der Waals surface area contributed by atoms with Crippen molar-refractivity contribution in [3.05, 3.63) is 28.5 Å². The van der Waals surface area contributed by atoms with Gasteiger partial charge in [0.2, 0.25) is 6.10 Å². The Balaban J connectivity index is 2.93. The molecule has 7 heteroatoms. The molecule has 0 spiro atoms. The molecule has 18 heavy (non-hydrogen) atoms. The molecule has 2 N–H and O–H groups in total. The summed E-state index contributed by atoms with van der Waals surface area (Å²) in [6.07, 6.45) is -6.57. The van der Waals surface area contributed by atoms with Gasteiger partial charge in [0.15, 0.2) is 0 Å². The molecule has 0 aliphatic rings. The maximum Gasteiger partial charge on any atom is 0.426 e. The summed E-state index contributed by atoms with van der Waals surface area (Å²) in [5, 5.41) is 0. The molecule has 0 radical (unpaired) electrons. The van der Waals surface area contributed by atoms with Gasteiger partial charge >= 0.3 is 6.18 Å². The highest BCUT2D eigenvalue weighted by Crippen LogP contribution is 2.29. The molecule has 0 heterocycles. The molecule has 0 aromatic heterocycles. The van der Waals surface area contributed by atoms with Gasteiger partial charge in [-0.25, -0.2) is 4.39 Å². The van der Waals surface area contributed by atoms with Crippen molar-refractivity contribution in [1.29, 1.82) is 0 Å². The lowest BCUT2D eigenvalue weighted by Gasteiger charge is -2.26. The van der Waals surface area contributed by atoms with Gasteiger partial charge in [-0.2, -0.15) is 13.2 Å². The zero-order chi connectivity index (χ0) is 13.9. The van der Waals surface area contributed by atoms with Crippen LogP contribution < -0.4 is 10.5 Å². The average molecular weight is 330 g/mol. The lowest BCUT2D eigenvalue weighted by atomic mass is 10.1. The molecule has 0 bridgehead atoms. The number of hydrogen-bond acceptors (Lipinski definition) is 2. The highest BCUT2D eigenvalue weighted by Gasteiger charge is 2.45. The minimum atomic E-state index is -4.57. The van der Waals surface area contributed by atoms with Gasteiger partial charge in [0.1, 0.15) is 11.6 Å². The number of benzene rings is 1. The zero-order valence-corrected chi connectivity index (χ0v) is 11.1. The summed E-state index contributed by atoms with van der Waals surface area (Å²) >= 11 is 2.87. The zero-order valence-electron chi connectivity index (χ0n) is 9.47. The smallest absolute Gasteiger partial charge is 0.426 e. The molecule has 1 aromatic carbocycles. The van der Waals surface area contributed by atoms with Crippen molar-refractivity contribution in [2.75, 3.05) is 0 Å². The van der Waals surface area contributed by atoms with Crippen LogP contribution in [0.25, 0.3) is 0 Å². The molecule has 2 atom stereocenters. The van der Waals surface area contributed by atoms with Crippen LogP contribution >= 0.6 is 15.9 Å². The molecule has 0 aliphatic carbocycles. The van der Waals surface area contributed by atoms with Gasteiger partial charge in [0.25, 0.3) is 0 Å². The quantitative estimate of drug-likeness (QED) is 0.856. The predicted octanol–water partition coefficient (Wildman–Crippen LogP) is 3.64. The summed E-state index contributed by atoms with van der Waals surface area (Å²) in [6, 6.07) is 2.11. The Kier molecular flexibility index (Phi) is 4.98. The summed E-state index contributed by atoms with van der Waals surface area (Å²) in [5.74, 6) is -0.666. The molecular weight excluding hydrogens is 318 g/mol. The van der Waals surface area contributed by atoms with Crippen LogP contribution in [-0.2, 0) is 0 Å². The number of alkyl halides is 3. The molecule has 0 saturated carbocycles. The molecule has 2 nitrogen and oxygen atoms in total. The minimum absolute atomic E-state index is 0.0333. The first-order chi connectivity index (χ1) is 8.25. The van der Waals surface area contributed by atoms with Gasteiger partial charge in [0, 0.05) is 0 Å². The van der Waals surface area contributed by atoms with Crippen LogP contribution in [0, 0.1) is 5.82 Å².